The highest BCUT2D eigenvalue weighted by Crippen LogP contribution is 2.42. The van der Waals surface area contributed by atoms with Crippen LogP contribution in [0.2, 0.25) is 5.15 Å². The van der Waals surface area contributed by atoms with Crippen LogP contribution in [0.4, 0.5) is 0 Å². The van der Waals surface area contributed by atoms with Gasteiger partial charge in [0.05, 0.1) is 7.11 Å². The summed E-state index contributed by atoms with van der Waals surface area (Å²) >= 11 is 5.77. The first-order chi connectivity index (χ1) is 6.65. The van der Waals surface area contributed by atoms with Crippen molar-refractivity contribution in [2.75, 3.05) is 7.11 Å². The van der Waals surface area contributed by atoms with E-state index in [1.54, 1.807) is 13.2 Å². The molecule has 2 N–H and O–H groups in total. The molecule has 1 saturated carbocycles. The minimum absolute atomic E-state index is 0.247. The second-order valence-corrected chi connectivity index (χ2v) is 4.09. The van der Waals surface area contributed by atoms with E-state index in [4.69, 9.17) is 22.1 Å². The van der Waals surface area contributed by atoms with Gasteiger partial charge in [-0.1, -0.05) is 11.6 Å². The third-order valence-electron chi connectivity index (χ3n) is 2.80. The molecular formula is C10H13ClN2O. The van der Waals surface area contributed by atoms with Gasteiger partial charge >= 0.3 is 0 Å². The highest BCUT2D eigenvalue weighted by molar-refractivity contribution is 6.29. The van der Waals surface area contributed by atoms with E-state index in [1.165, 1.54) is 6.42 Å². The van der Waals surface area contributed by atoms with Gasteiger partial charge in [-0.15, -0.1) is 0 Å². The number of nitrogens with zero attached hydrogens (tertiary/aromatic N) is 1. The smallest absolute Gasteiger partial charge is 0.219 e. The number of rotatable bonds is 2. The summed E-state index contributed by atoms with van der Waals surface area (Å²) in [7, 11) is 1.59. The van der Waals surface area contributed by atoms with Crippen molar-refractivity contribution >= 4 is 11.6 Å². The number of nitrogens with two attached hydrogens (primary N) is 1. The predicted octanol–water partition coefficient (Wildman–Crippen LogP) is 2.08. The van der Waals surface area contributed by atoms with Crippen LogP contribution in [0.25, 0.3) is 0 Å². The summed E-state index contributed by atoms with van der Waals surface area (Å²) < 4.78 is 5.17. The van der Waals surface area contributed by atoms with Gasteiger partial charge in [-0.2, -0.15) is 0 Å². The number of methoxy groups -OCH3 is 1. The Labute approximate surface area is 88.2 Å². The fraction of sp³-hybridized carbons (Fsp3) is 0.500. The second-order valence-electron chi connectivity index (χ2n) is 3.70. The fourth-order valence-electron chi connectivity index (χ4n) is 1.78. The molecule has 0 amide bonds. The molecule has 14 heavy (non-hydrogen) atoms. The highest BCUT2D eigenvalue weighted by atomic mass is 35.5. The lowest BCUT2D eigenvalue weighted by Gasteiger charge is -2.38. The van der Waals surface area contributed by atoms with Crippen LogP contribution in [-0.4, -0.2) is 12.1 Å². The molecule has 0 bridgehead atoms. The zero-order valence-electron chi connectivity index (χ0n) is 8.09. The van der Waals surface area contributed by atoms with Gasteiger partial charge in [-0.3, -0.25) is 0 Å². The summed E-state index contributed by atoms with van der Waals surface area (Å²) in [6.07, 6.45) is 3.15. The molecule has 3 nitrogen and oxygen atoms in total. The molecule has 0 saturated heterocycles. The van der Waals surface area contributed by atoms with Crippen molar-refractivity contribution in [1.29, 1.82) is 0 Å². The first-order valence-electron chi connectivity index (χ1n) is 4.66. The first-order valence-corrected chi connectivity index (χ1v) is 5.03. The fourth-order valence-corrected chi connectivity index (χ4v) is 1.92. The minimum Gasteiger partial charge on any atom is -0.481 e. The van der Waals surface area contributed by atoms with E-state index in [0.29, 0.717) is 11.0 Å². The zero-order valence-corrected chi connectivity index (χ0v) is 8.84. The lowest BCUT2D eigenvalue weighted by atomic mass is 9.73. The Bertz CT molecular complexity index is 350. The average molecular weight is 213 g/mol. The van der Waals surface area contributed by atoms with Gasteiger partial charge < -0.3 is 10.5 Å². The van der Waals surface area contributed by atoms with Gasteiger partial charge in [-0.05, 0) is 31.4 Å². The van der Waals surface area contributed by atoms with Gasteiger partial charge in [0, 0.05) is 11.1 Å². The SMILES string of the molecule is COc1nc(Cl)ccc1C1(N)CCC1. The Morgan fingerprint density at radius 3 is 2.71 bits per heavy atom. The van der Waals surface area contributed by atoms with Gasteiger partial charge in [0.2, 0.25) is 5.88 Å². The molecule has 0 spiro atoms. The van der Waals surface area contributed by atoms with Gasteiger partial charge in [-0.25, -0.2) is 4.98 Å². The van der Waals surface area contributed by atoms with E-state index < -0.39 is 0 Å². The molecule has 0 radical (unpaired) electrons. The Hall–Kier alpha value is -0.800. The number of pyridine rings is 1. The van der Waals surface area contributed by atoms with E-state index in [9.17, 15) is 0 Å². The van der Waals surface area contributed by atoms with Crippen LogP contribution in [0.5, 0.6) is 5.88 Å². The van der Waals surface area contributed by atoms with Crippen LogP contribution in [0.15, 0.2) is 12.1 Å². The number of aromatic nitrogens is 1. The minimum atomic E-state index is -0.247. The van der Waals surface area contributed by atoms with Crippen molar-refractivity contribution in [2.24, 2.45) is 5.73 Å². The molecule has 76 valence electrons. The second kappa shape index (κ2) is 3.41. The molecule has 0 aromatic carbocycles. The average Bonchev–Trinajstić information content (AvgIpc) is 2.14. The maximum Gasteiger partial charge on any atom is 0.219 e. The van der Waals surface area contributed by atoms with E-state index in [-0.39, 0.29) is 5.54 Å². The molecule has 0 atom stereocenters. The molecule has 4 heteroatoms. The molecule has 0 aliphatic heterocycles. The van der Waals surface area contributed by atoms with Crippen molar-refractivity contribution < 1.29 is 4.74 Å². The highest BCUT2D eigenvalue weighted by Gasteiger charge is 2.37. The maximum absolute atomic E-state index is 6.19. The van der Waals surface area contributed by atoms with E-state index in [1.807, 2.05) is 6.07 Å². The van der Waals surface area contributed by atoms with Crippen LogP contribution < -0.4 is 10.5 Å². The predicted molar refractivity (Wildman–Crippen MR) is 55.5 cm³/mol. The Morgan fingerprint density at radius 1 is 1.50 bits per heavy atom. The van der Waals surface area contributed by atoms with E-state index >= 15 is 0 Å². The lowest BCUT2D eigenvalue weighted by molar-refractivity contribution is 0.241. The quantitative estimate of drug-likeness (QED) is 0.764. The van der Waals surface area contributed by atoms with Crippen molar-refractivity contribution in [1.82, 2.24) is 4.98 Å². The molecule has 1 aromatic heterocycles. The van der Waals surface area contributed by atoms with Crippen LogP contribution in [0.1, 0.15) is 24.8 Å². The van der Waals surface area contributed by atoms with Crippen molar-refractivity contribution in [3.8, 4) is 5.88 Å². The molecule has 1 heterocycles. The number of halogens is 1. The lowest BCUT2D eigenvalue weighted by Crippen LogP contribution is -2.43. The maximum atomic E-state index is 6.19. The molecule has 1 aromatic rings. The zero-order chi connectivity index (χ0) is 10.2. The van der Waals surface area contributed by atoms with Crippen molar-refractivity contribution in [3.63, 3.8) is 0 Å². The molecular weight excluding hydrogens is 200 g/mol. The third kappa shape index (κ3) is 1.47. The van der Waals surface area contributed by atoms with Crippen molar-refractivity contribution in [2.45, 2.75) is 24.8 Å². The number of hydrogen-bond acceptors (Lipinski definition) is 3. The van der Waals surface area contributed by atoms with Crippen molar-refractivity contribution in [3.05, 3.63) is 22.8 Å². The van der Waals surface area contributed by atoms with Gasteiger partial charge in [0.1, 0.15) is 5.15 Å². The Kier molecular flexibility index (Phi) is 2.37. The normalized spacial score (nSPS) is 18.8. The monoisotopic (exact) mass is 212 g/mol. The molecule has 1 fully saturated rings. The third-order valence-corrected chi connectivity index (χ3v) is 3.01. The van der Waals surface area contributed by atoms with Crippen LogP contribution in [-0.2, 0) is 5.54 Å². The molecule has 2 rings (SSSR count). The summed E-state index contributed by atoms with van der Waals surface area (Å²) in [4.78, 5) is 4.10. The van der Waals surface area contributed by atoms with E-state index in [2.05, 4.69) is 4.98 Å². The summed E-state index contributed by atoms with van der Waals surface area (Å²) in [6, 6.07) is 3.67. The molecule has 1 aliphatic carbocycles. The van der Waals surface area contributed by atoms with E-state index in [0.717, 1.165) is 18.4 Å². The topological polar surface area (TPSA) is 48.1 Å². The number of ether oxygens (including phenoxy) is 1. The largest absolute Gasteiger partial charge is 0.481 e. The van der Waals surface area contributed by atoms with Crippen LogP contribution in [0.3, 0.4) is 0 Å². The first kappa shape index (κ1) is 9.74. The molecule has 0 unspecified atom stereocenters. The molecule has 1 aliphatic rings. The summed E-state index contributed by atoms with van der Waals surface area (Å²) in [6.45, 7) is 0. The number of hydrogen-bond donors (Lipinski definition) is 1. The summed E-state index contributed by atoms with van der Waals surface area (Å²) in [5, 5.41) is 0.438. The summed E-state index contributed by atoms with van der Waals surface area (Å²) in [5.74, 6) is 0.555. The van der Waals surface area contributed by atoms with Crippen LogP contribution in [0, 0.1) is 0 Å². The standard InChI is InChI=1S/C10H13ClN2O/c1-14-9-7(3-4-8(11)13-9)10(12)5-2-6-10/h3-4H,2,5-6,12H2,1H3. The summed E-state index contributed by atoms with van der Waals surface area (Å²) in [5.41, 5.74) is 6.91. The Morgan fingerprint density at radius 2 is 2.21 bits per heavy atom. The van der Waals surface area contributed by atoms with Gasteiger partial charge in [0.25, 0.3) is 0 Å². The van der Waals surface area contributed by atoms with Gasteiger partial charge in [0.15, 0.2) is 0 Å². The van der Waals surface area contributed by atoms with Crippen LogP contribution >= 0.6 is 11.6 Å². The Balaban J connectivity index is 2.41.